The second-order valence-corrected chi connectivity index (χ2v) is 6.74. The van der Waals surface area contributed by atoms with Crippen LogP contribution in [0.1, 0.15) is 39.0 Å². The van der Waals surface area contributed by atoms with E-state index in [0.29, 0.717) is 31.2 Å². The maximum Gasteiger partial charge on any atom is 0.222 e. The highest BCUT2D eigenvalue weighted by molar-refractivity contribution is 5.77. The summed E-state index contributed by atoms with van der Waals surface area (Å²) in [5.41, 5.74) is 5.46. The van der Waals surface area contributed by atoms with Gasteiger partial charge in [0.15, 0.2) is 0 Å². The molecule has 2 saturated heterocycles. The minimum Gasteiger partial charge on any atom is -0.343 e. The molecule has 0 bridgehead atoms. The van der Waals surface area contributed by atoms with Gasteiger partial charge in [-0.15, -0.1) is 0 Å². The van der Waals surface area contributed by atoms with Crippen LogP contribution in [0.15, 0.2) is 0 Å². The Morgan fingerprint density at radius 3 is 2.13 bits per heavy atom. The predicted molar refractivity (Wildman–Crippen MR) is 90.9 cm³/mol. The molecule has 0 aromatic rings. The third-order valence-electron chi connectivity index (χ3n) is 5.20. The third-order valence-corrected chi connectivity index (χ3v) is 5.20. The van der Waals surface area contributed by atoms with E-state index < -0.39 is 0 Å². The molecule has 0 atom stereocenters. The van der Waals surface area contributed by atoms with Crippen molar-refractivity contribution < 1.29 is 9.59 Å². The van der Waals surface area contributed by atoms with Crippen molar-refractivity contribution in [1.82, 2.24) is 14.7 Å². The van der Waals surface area contributed by atoms with Gasteiger partial charge in [0, 0.05) is 52.1 Å². The number of nitrogens with two attached hydrogens (primary N) is 1. The first kappa shape index (κ1) is 18.2. The van der Waals surface area contributed by atoms with Crippen LogP contribution in [0.5, 0.6) is 0 Å². The highest BCUT2D eigenvalue weighted by Crippen LogP contribution is 2.22. The highest BCUT2D eigenvalue weighted by atomic mass is 16.2. The van der Waals surface area contributed by atoms with Gasteiger partial charge in [-0.25, -0.2) is 0 Å². The fourth-order valence-electron chi connectivity index (χ4n) is 3.49. The van der Waals surface area contributed by atoms with E-state index in [1.54, 1.807) is 0 Å². The van der Waals surface area contributed by atoms with Gasteiger partial charge in [-0.3, -0.25) is 9.59 Å². The monoisotopic (exact) mass is 324 g/mol. The van der Waals surface area contributed by atoms with Crippen LogP contribution in [0.25, 0.3) is 0 Å². The Balaban J connectivity index is 1.68. The largest absolute Gasteiger partial charge is 0.343 e. The number of piperidine rings is 1. The molecular formula is C17H32N4O2. The number of carbonyl (C=O) groups excluding carboxylic acids is 2. The number of carbonyl (C=O) groups is 2. The molecule has 0 spiro atoms. The second kappa shape index (κ2) is 9.23. The lowest BCUT2D eigenvalue weighted by atomic mass is 9.92. The molecule has 0 radical (unpaired) electrons. The molecule has 0 saturated carbocycles. The molecule has 6 nitrogen and oxygen atoms in total. The summed E-state index contributed by atoms with van der Waals surface area (Å²) in [7, 11) is 0. The molecule has 2 N–H and O–H groups in total. The van der Waals surface area contributed by atoms with Gasteiger partial charge >= 0.3 is 0 Å². The Hall–Kier alpha value is -1.14. The Labute approximate surface area is 140 Å². The summed E-state index contributed by atoms with van der Waals surface area (Å²) in [6.07, 6.45) is 3.88. The van der Waals surface area contributed by atoms with Gasteiger partial charge in [-0.05, 0) is 38.3 Å². The molecule has 2 fully saturated rings. The molecule has 23 heavy (non-hydrogen) atoms. The number of rotatable bonds is 6. The molecule has 2 amide bonds. The zero-order chi connectivity index (χ0) is 16.7. The van der Waals surface area contributed by atoms with E-state index in [0.717, 1.165) is 65.1 Å². The summed E-state index contributed by atoms with van der Waals surface area (Å²) in [6, 6.07) is 0. The van der Waals surface area contributed by atoms with Crippen LogP contribution in [-0.2, 0) is 9.59 Å². The van der Waals surface area contributed by atoms with Gasteiger partial charge < -0.3 is 20.4 Å². The number of piperazine rings is 1. The first-order valence-electron chi connectivity index (χ1n) is 9.12. The van der Waals surface area contributed by atoms with Crippen LogP contribution in [0.4, 0.5) is 0 Å². The molecular weight excluding hydrogens is 292 g/mol. The van der Waals surface area contributed by atoms with Crippen molar-refractivity contribution in [2.45, 2.75) is 39.0 Å². The lowest BCUT2D eigenvalue weighted by Gasteiger charge is -2.36. The average Bonchev–Trinajstić information content (AvgIpc) is 2.60. The summed E-state index contributed by atoms with van der Waals surface area (Å²) < 4.78 is 0. The van der Waals surface area contributed by atoms with Gasteiger partial charge in [-0.2, -0.15) is 0 Å². The predicted octanol–water partition coefficient (Wildman–Crippen LogP) is 0.518. The summed E-state index contributed by atoms with van der Waals surface area (Å²) in [4.78, 5) is 30.8. The van der Waals surface area contributed by atoms with Crippen molar-refractivity contribution in [2.75, 3.05) is 52.4 Å². The molecule has 2 rings (SSSR count). The lowest BCUT2D eigenvalue weighted by molar-refractivity contribution is -0.135. The molecule has 2 aliphatic rings. The fourth-order valence-corrected chi connectivity index (χ4v) is 3.49. The van der Waals surface area contributed by atoms with Crippen LogP contribution in [0.2, 0.25) is 0 Å². The van der Waals surface area contributed by atoms with Gasteiger partial charge in [0.25, 0.3) is 0 Å². The molecule has 132 valence electrons. The Morgan fingerprint density at radius 1 is 0.957 bits per heavy atom. The number of amides is 2. The van der Waals surface area contributed by atoms with E-state index in [1.807, 2.05) is 9.80 Å². The molecule has 0 unspecified atom stereocenters. The molecule has 2 aliphatic heterocycles. The summed E-state index contributed by atoms with van der Waals surface area (Å²) in [5, 5.41) is 0. The van der Waals surface area contributed by atoms with Crippen LogP contribution in [0.3, 0.4) is 0 Å². The van der Waals surface area contributed by atoms with E-state index in [-0.39, 0.29) is 5.91 Å². The minimum atomic E-state index is 0.218. The highest BCUT2D eigenvalue weighted by Gasteiger charge is 2.27. The van der Waals surface area contributed by atoms with Crippen LogP contribution in [-0.4, -0.2) is 78.9 Å². The van der Waals surface area contributed by atoms with Crippen molar-refractivity contribution in [1.29, 1.82) is 0 Å². The van der Waals surface area contributed by atoms with Crippen LogP contribution >= 0.6 is 0 Å². The van der Waals surface area contributed by atoms with Crippen molar-refractivity contribution in [3.05, 3.63) is 0 Å². The first-order chi connectivity index (χ1) is 11.1. The lowest BCUT2D eigenvalue weighted by Crippen LogP contribution is -2.49. The molecule has 0 aromatic heterocycles. The summed E-state index contributed by atoms with van der Waals surface area (Å²) in [5.74, 6) is 0.954. The van der Waals surface area contributed by atoms with Gasteiger partial charge in [0.2, 0.25) is 11.8 Å². The quantitative estimate of drug-likeness (QED) is 0.773. The first-order valence-corrected chi connectivity index (χ1v) is 9.12. The maximum atomic E-state index is 12.4. The number of hydrogen-bond donors (Lipinski definition) is 1. The summed E-state index contributed by atoms with van der Waals surface area (Å²) in [6.45, 7) is 9.12. The molecule has 0 aromatic carbocycles. The standard InChI is InChI=1S/C17H32N4O2/c1-2-19-10-12-21(13-11-19)17(23)14-15-5-8-20(9-6-15)16(22)4-3-7-18/h15H,2-14,18H2,1H3. The number of nitrogens with zero attached hydrogens (tertiary/aromatic N) is 3. The SMILES string of the molecule is CCN1CCN(C(=O)CC2CCN(C(=O)CCCN)CC2)CC1. The van der Waals surface area contributed by atoms with Crippen molar-refractivity contribution >= 4 is 11.8 Å². The van der Waals surface area contributed by atoms with Gasteiger partial charge in [0.1, 0.15) is 0 Å². The van der Waals surface area contributed by atoms with E-state index >= 15 is 0 Å². The van der Waals surface area contributed by atoms with Crippen LogP contribution in [0, 0.1) is 5.92 Å². The van der Waals surface area contributed by atoms with Gasteiger partial charge in [0.05, 0.1) is 0 Å². The van der Waals surface area contributed by atoms with E-state index in [4.69, 9.17) is 5.73 Å². The molecule has 2 heterocycles. The molecule has 0 aliphatic carbocycles. The number of likely N-dealkylation sites (N-methyl/N-ethyl adjacent to an activating group) is 1. The van der Waals surface area contributed by atoms with Crippen LogP contribution < -0.4 is 5.73 Å². The Bertz CT molecular complexity index is 386. The normalized spacial score (nSPS) is 20.8. The van der Waals surface area contributed by atoms with Crippen molar-refractivity contribution in [3.8, 4) is 0 Å². The topological polar surface area (TPSA) is 69.9 Å². The second-order valence-electron chi connectivity index (χ2n) is 6.74. The van der Waals surface area contributed by atoms with Crippen molar-refractivity contribution in [3.63, 3.8) is 0 Å². The average molecular weight is 324 g/mol. The van der Waals surface area contributed by atoms with Crippen molar-refractivity contribution in [2.24, 2.45) is 11.7 Å². The Kier molecular flexibility index (Phi) is 7.30. The third kappa shape index (κ3) is 5.46. The summed E-state index contributed by atoms with van der Waals surface area (Å²) >= 11 is 0. The van der Waals surface area contributed by atoms with E-state index in [9.17, 15) is 9.59 Å². The van der Waals surface area contributed by atoms with Gasteiger partial charge in [-0.1, -0.05) is 6.92 Å². The maximum absolute atomic E-state index is 12.4. The molecule has 6 heteroatoms. The zero-order valence-corrected chi connectivity index (χ0v) is 14.5. The number of hydrogen-bond acceptors (Lipinski definition) is 4. The zero-order valence-electron chi connectivity index (χ0n) is 14.5. The fraction of sp³-hybridized carbons (Fsp3) is 0.882. The smallest absolute Gasteiger partial charge is 0.222 e. The number of likely N-dealkylation sites (tertiary alicyclic amines) is 1. The van der Waals surface area contributed by atoms with E-state index in [1.165, 1.54) is 0 Å². The van der Waals surface area contributed by atoms with E-state index in [2.05, 4.69) is 11.8 Å². The minimum absolute atomic E-state index is 0.218. The Morgan fingerprint density at radius 2 is 1.57 bits per heavy atom.